The Hall–Kier alpha value is -2.25. The number of nitrogens with zero attached hydrogens (tertiary/aromatic N) is 3. The monoisotopic (exact) mass is 326 g/mol. The van der Waals surface area contributed by atoms with Crippen molar-refractivity contribution in [2.45, 2.75) is 38.7 Å². The first kappa shape index (κ1) is 15.6. The molecule has 0 aliphatic heterocycles. The fourth-order valence-electron chi connectivity index (χ4n) is 2.39. The van der Waals surface area contributed by atoms with E-state index in [1.807, 2.05) is 10.7 Å². The largest absolute Gasteiger partial charge is 0.406 e. The summed E-state index contributed by atoms with van der Waals surface area (Å²) in [5.41, 5.74) is 0.372. The quantitative estimate of drug-likeness (QED) is 0.888. The molecule has 1 aliphatic rings. The van der Waals surface area contributed by atoms with Gasteiger partial charge in [0.2, 0.25) is 0 Å². The molecule has 23 heavy (non-hydrogen) atoms. The first-order chi connectivity index (χ1) is 10.9. The van der Waals surface area contributed by atoms with Crippen LogP contribution in [-0.2, 0) is 19.6 Å². The van der Waals surface area contributed by atoms with Gasteiger partial charge in [-0.15, -0.1) is 0 Å². The summed E-state index contributed by atoms with van der Waals surface area (Å²) in [6, 6.07) is 4.75. The minimum absolute atomic E-state index is 0.149. The summed E-state index contributed by atoms with van der Waals surface area (Å²) in [5.74, 6) is 0.661. The predicted octanol–water partition coefficient (Wildman–Crippen LogP) is 2.63. The molecule has 1 N–H and O–H groups in total. The van der Waals surface area contributed by atoms with E-state index in [4.69, 9.17) is 0 Å². The Labute approximate surface area is 130 Å². The molecule has 0 unspecified atom stereocenters. The zero-order valence-corrected chi connectivity index (χ0v) is 12.4. The third-order valence-electron chi connectivity index (χ3n) is 3.76. The highest BCUT2D eigenvalue weighted by Crippen LogP contribution is 2.30. The summed E-state index contributed by atoms with van der Waals surface area (Å²) in [7, 11) is 0. The molecule has 1 aliphatic carbocycles. The average molecular weight is 326 g/mol. The standard InChI is InChI=1S/C15H17F3N4O/c16-15(17,18)10-21-7-1-2-13(14(21)23)19-8-12-5-6-20-22(12)9-11-3-4-11/h1-2,5-7,11,19H,3-4,8-10H2. The highest BCUT2D eigenvalue weighted by molar-refractivity contribution is 5.40. The molecule has 0 radical (unpaired) electrons. The Balaban J connectivity index is 1.70. The summed E-state index contributed by atoms with van der Waals surface area (Å²) in [5, 5.41) is 7.16. The molecule has 124 valence electrons. The molecule has 2 aromatic rings. The molecule has 3 rings (SSSR count). The summed E-state index contributed by atoms with van der Waals surface area (Å²) < 4.78 is 39.9. The molecule has 0 saturated heterocycles. The van der Waals surface area contributed by atoms with Crippen LogP contribution in [0.25, 0.3) is 0 Å². The minimum Gasteiger partial charge on any atom is -0.375 e. The Morgan fingerprint density at radius 3 is 2.78 bits per heavy atom. The van der Waals surface area contributed by atoms with Crippen LogP contribution in [0.15, 0.2) is 35.4 Å². The maximum atomic E-state index is 12.5. The average Bonchev–Trinajstić information content (AvgIpc) is 3.17. The lowest BCUT2D eigenvalue weighted by molar-refractivity contribution is -0.141. The number of halogens is 3. The van der Waals surface area contributed by atoms with Gasteiger partial charge >= 0.3 is 6.18 Å². The molecule has 0 atom stereocenters. The number of nitrogens with one attached hydrogen (secondary N) is 1. The van der Waals surface area contributed by atoms with Crippen molar-refractivity contribution in [3.8, 4) is 0 Å². The van der Waals surface area contributed by atoms with Crippen molar-refractivity contribution < 1.29 is 13.2 Å². The normalized spacial score (nSPS) is 14.9. The molecule has 2 aromatic heterocycles. The third kappa shape index (κ3) is 4.14. The minimum atomic E-state index is -4.43. The third-order valence-corrected chi connectivity index (χ3v) is 3.76. The van der Waals surface area contributed by atoms with E-state index in [2.05, 4.69) is 10.4 Å². The number of rotatable bonds is 6. The molecule has 0 amide bonds. The molecule has 0 aromatic carbocycles. The SMILES string of the molecule is O=c1c(NCc2ccnn2CC2CC2)cccn1CC(F)(F)F. The van der Waals surface area contributed by atoms with Gasteiger partial charge in [-0.05, 0) is 37.0 Å². The van der Waals surface area contributed by atoms with Gasteiger partial charge < -0.3 is 9.88 Å². The fourth-order valence-corrected chi connectivity index (χ4v) is 2.39. The zero-order valence-electron chi connectivity index (χ0n) is 12.4. The number of hydrogen-bond donors (Lipinski definition) is 1. The maximum Gasteiger partial charge on any atom is 0.406 e. The van der Waals surface area contributed by atoms with E-state index in [0.717, 1.165) is 18.4 Å². The van der Waals surface area contributed by atoms with Crippen LogP contribution < -0.4 is 10.9 Å². The number of hydrogen-bond acceptors (Lipinski definition) is 3. The molecule has 2 heterocycles. The van der Waals surface area contributed by atoms with Crippen LogP contribution in [-0.4, -0.2) is 20.5 Å². The van der Waals surface area contributed by atoms with Crippen molar-refractivity contribution in [1.82, 2.24) is 14.3 Å². The number of aromatic nitrogens is 3. The first-order valence-corrected chi connectivity index (χ1v) is 7.43. The highest BCUT2D eigenvalue weighted by atomic mass is 19.4. The van der Waals surface area contributed by atoms with E-state index < -0.39 is 18.3 Å². The fraction of sp³-hybridized carbons (Fsp3) is 0.467. The first-order valence-electron chi connectivity index (χ1n) is 7.43. The van der Waals surface area contributed by atoms with Crippen LogP contribution in [0.2, 0.25) is 0 Å². The van der Waals surface area contributed by atoms with Gasteiger partial charge in [-0.25, -0.2) is 0 Å². The van der Waals surface area contributed by atoms with Crippen LogP contribution in [0.1, 0.15) is 18.5 Å². The Morgan fingerprint density at radius 2 is 2.09 bits per heavy atom. The van der Waals surface area contributed by atoms with Gasteiger partial charge in [0.1, 0.15) is 12.2 Å². The Bertz CT molecular complexity index is 731. The van der Waals surface area contributed by atoms with E-state index in [1.165, 1.54) is 25.0 Å². The van der Waals surface area contributed by atoms with Crippen molar-refractivity contribution in [3.63, 3.8) is 0 Å². The summed E-state index contributed by atoms with van der Waals surface area (Å²) in [6.45, 7) is -0.101. The van der Waals surface area contributed by atoms with Crippen molar-refractivity contribution in [1.29, 1.82) is 0 Å². The van der Waals surface area contributed by atoms with E-state index in [-0.39, 0.29) is 5.69 Å². The Kier molecular flexibility index (Phi) is 4.14. The Morgan fingerprint density at radius 1 is 1.30 bits per heavy atom. The zero-order chi connectivity index (χ0) is 16.4. The van der Waals surface area contributed by atoms with Crippen LogP contribution >= 0.6 is 0 Å². The van der Waals surface area contributed by atoms with Gasteiger partial charge in [0.05, 0.1) is 12.2 Å². The molecule has 0 bridgehead atoms. The molecule has 1 saturated carbocycles. The number of anilines is 1. The lowest BCUT2D eigenvalue weighted by Crippen LogP contribution is -2.29. The molecule has 8 heteroatoms. The van der Waals surface area contributed by atoms with Crippen molar-refractivity contribution in [2.75, 3.05) is 5.32 Å². The highest BCUT2D eigenvalue weighted by Gasteiger charge is 2.28. The topological polar surface area (TPSA) is 51.9 Å². The smallest absolute Gasteiger partial charge is 0.375 e. The predicted molar refractivity (Wildman–Crippen MR) is 79.0 cm³/mol. The van der Waals surface area contributed by atoms with E-state index in [9.17, 15) is 18.0 Å². The van der Waals surface area contributed by atoms with Crippen LogP contribution in [0.3, 0.4) is 0 Å². The summed E-state index contributed by atoms with van der Waals surface area (Å²) in [4.78, 5) is 12.1. The molecule has 5 nitrogen and oxygen atoms in total. The van der Waals surface area contributed by atoms with Crippen molar-refractivity contribution >= 4 is 5.69 Å². The van der Waals surface area contributed by atoms with Crippen LogP contribution in [0.5, 0.6) is 0 Å². The second kappa shape index (κ2) is 6.10. The van der Waals surface area contributed by atoms with Crippen molar-refractivity contribution in [3.05, 3.63) is 46.6 Å². The van der Waals surface area contributed by atoms with Crippen LogP contribution in [0.4, 0.5) is 18.9 Å². The number of alkyl halides is 3. The van der Waals surface area contributed by atoms with Gasteiger partial charge in [0.15, 0.2) is 0 Å². The molecular weight excluding hydrogens is 309 g/mol. The summed E-state index contributed by atoms with van der Waals surface area (Å²) in [6.07, 6.45) is 0.803. The number of pyridine rings is 1. The summed E-state index contributed by atoms with van der Waals surface area (Å²) >= 11 is 0. The molecule has 0 spiro atoms. The molecular formula is C15H17F3N4O. The second-order valence-corrected chi connectivity index (χ2v) is 5.77. The van der Waals surface area contributed by atoms with Crippen molar-refractivity contribution in [2.24, 2.45) is 5.92 Å². The van der Waals surface area contributed by atoms with Gasteiger partial charge in [0.25, 0.3) is 5.56 Å². The van der Waals surface area contributed by atoms with Gasteiger partial charge in [-0.3, -0.25) is 9.48 Å². The lowest BCUT2D eigenvalue weighted by Gasteiger charge is -2.12. The van der Waals surface area contributed by atoms with Gasteiger partial charge in [0, 0.05) is 18.9 Å². The maximum absolute atomic E-state index is 12.5. The van der Waals surface area contributed by atoms with E-state index >= 15 is 0 Å². The second-order valence-electron chi connectivity index (χ2n) is 5.77. The lowest BCUT2D eigenvalue weighted by atomic mass is 10.3. The van der Waals surface area contributed by atoms with E-state index in [1.54, 1.807) is 6.20 Å². The van der Waals surface area contributed by atoms with Gasteiger partial charge in [-0.2, -0.15) is 18.3 Å². The van der Waals surface area contributed by atoms with Crippen LogP contribution in [0, 0.1) is 5.92 Å². The van der Waals surface area contributed by atoms with E-state index in [0.29, 0.717) is 17.0 Å². The van der Waals surface area contributed by atoms with Gasteiger partial charge in [-0.1, -0.05) is 0 Å². The molecule has 1 fully saturated rings.